The molecule has 0 amide bonds. The molecule has 1 heterocycles. The lowest BCUT2D eigenvalue weighted by Gasteiger charge is -2.18. The van der Waals surface area contributed by atoms with Gasteiger partial charge in [0.25, 0.3) is 0 Å². The van der Waals surface area contributed by atoms with Gasteiger partial charge in [-0.25, -0.2) is 0 Å². The maximum absolute atomic E-state index is 10.6. The molecule has 3 unspecified atom stereocenters. The molecule has 1 rings (SSSR count). The first kappa shape index (κ1) is 10.5. The third-order valence-electron chi connectivity index (χ3n) is 2.43. The van der Waals surface area contributed by atoms with Gasteiger partial charge in [-0.15, -0.1) is 0 Å². The minimum atomic E-state index is -0.813. The average molecular weight is 187 g/mol. The van der Waals surface area contributed by atoms with Gasteiger partial charge in [0.05, 0.1) is 12.2 Å². The molecule has 1 fully saturated rings. The van der Waals surface area contributed by atoms with Crippen molar-refractivity contribution in [2.24, 2.45) is 0 Å². The SMILES string of the molecule is CC1CC(N[C@H](C)C(=O)O)C(C)O1. The van der Waals surface area contributed by atoms with E-state index >= 15 is 0 Å². The molecule has 0 spiro atoms. The fourth-order valence-corrected chi connectivity index (χ4v) is 1.66. The van der Waals surface area contributed by atoms with Gasteiger partial charge in [-0.1, -0.05) is 0 Å². The van der Waals surface area contributed by atoms with Crippen LogP contribution in [0.3, 0.4) is 0 Å². The van der Waals surface area contributed by atoms with Crippen molar-refractivity contribution in [2.45, 2.75) is 51.5 Å². The second-order valence-electron chi connectivity index (χ2n) is 3.72. The van der Waals surface area contributed by atoms with E-state index in [1.54, 1.807) is 6.92 Å². The molecule has 76 valence electrons. The summed E-state index contributed by atoms with van der Waals surface area (Å²) >= 11 is 0. The molecule has 1 aliphatic heterocycles. The largest absolute Gasteiger partial charge is 0.480 e. The molecule has 13 heavy (non-hydrogen) atoms. The average Bonchev–Trinajstić information content (AvgIpc) is 2.30. The van der Waals surface area contributed by atoms with Crippen LogP contribution in [-0.4, -0.2) is 35.4 Å². The second kappa shape index (κ2) is 4.07. The number of carboxylic acids is 1. The topological polar surface area (TPSA) is 58.6 Å². The van der Waals surface area contributed by atoms with E-state index < -0.39 is 12.0 Å². The smallest absolute Gasteiger partial charge is 0.320 e. The van der Waals surface area contributed by atoms with Crippen molar-refractivity contribution in [3.8, 4) is 0 Å². The van der Waals surface area contributed by atoms with E-state index in [1.165, 1.54) is 0 Å². The lowest BCUT2D eigenvalue weighted by molar-refractivity contribution is -0.139. The molecular weight excluding hydrogens is 170 g/mol. The zero-order chi connectivity index (χ0) is 10.0. The maximum Gasteiger partial charge on any atom is 0.320 e. The summed E-state index contributed by atoms with van der Waals surface area (Å²) in [5, 5.41) is 11.7. The standard InChI is InChI=1S/C9H17NO3/c1-5-4-8(7(3)13-5)10-6(2)9(11)12/h5-8,10H,4H2,1-3H3,(H,11,12)/t5?,6-,7?,8?/m1/s1. The van der Waals surface area contributed by atoms with E-state index in [2.05, 4.69) is 5.32 Å². The van der Waals surface area contributed by atoms with Gasteiger partial charge in [0.2, 0.25) is 0 Å². The molecule has 2 N–H and O–H groups in total. The van der Waals surface area contributed by atoms with Crippen LogP contribution in [0.15, 0.2) is 0 Å². The number of hydrogen-bond donors (Lipinski definition) is 2. The van der Waals surface area contributed by atoms with Gasteiger partial charge in [0.15, 0.2) is 0 Å². The first-order valence-electron chi connectivity index (χ1n) is 4.65. The summed E-state index contributed by atoms with van der Waals surface area (Å²) in [6.07, 6.45) is 1.23. The molecule has 1 aliphatic rings. The Bertz CT molecular complexity index is 195. The lowest BCUT2D eigenvalue weighted by Crippen LogP contribution is -2.44. The third kappa shape index (κ3) is 2.67. The Balaban J connectivity index is 2.41. The fraction of sp³-hybridized carbons (Fsp3) is 0.889. The Labute approximate surface area is 78.3 Å². The van der Waals surface area contributed by atoms with Crippen molar-refractivity contribution in [3.63, 3.8) is 0 Å². The molecule has 0 aromatic heterocycles. The van der Waals surface area contributed by atoms with Crippen LogP contribution in [0.25, 0.3) is 0 Å². The highest BCUT2D eigenvalue weighted by molar-refractivity contribution is 5.72. The van der Waals surface area contributed by atoms with Crippen LogP contribution in [-0.2, 0) is 9.53 Å². The zero-order valence-electron chi connectivity index (χ0n) is 8.28. The van der Waals surface area contributed by atoms with Gasteiger partial charge in [-0.05, 0) is 27.2 Å². The Morgan fingerprint density at radius 1 is 1.62 bits per heavy atom. The van der Waals surface area contributed by atoms with Crippen molar-refractivity contribution in [1.29, 1.82) is 0 Å². The molecule has 4 nitrogen and oxygen atoms in total. The molecule has 0 bridgehead atoms. The Kier molecular flexibility index (Phi) is 3.27. The van der Waals surface area contributed by atoms with Gasteiger partial charge in [-0.3, -0.25) is 10.1 Å². The molecule has 4 atom stereocenters. The Morgan fingerprint density at radius 2 is 2.23 bits per heavy atom. The molecule has 0 aromatic carbocycles. The van der Waals surface area contributed by atoms with Gasteiger partial charge in [-0.2, -0.15) is 0 Å². The number of nitrogens with one attached hydrogen (secondary N) is 1. The van der Waals surface area contributed by atoms with E-state index in [9.17, 15) is 4.79 Å². The molecule has 4 heteroatoms. The van der Waals surface area contributed by atoms with Crippen molar-refractivity contribution in [3.05, 3.63) is 0 Å². The first-order chi connectivity index (χ1) is 6.00. The maximum atomic E-state index is 10.6. The van der Waals surface area contributed by atoms with E-state index in [-0.39, 0.29) is 18.2 Å². The van der Waals surface area contributed by atoms with Crippen molar-refractivity contribution in [2.75, 3.05) is 0 Å². The number of carboxylic acid groups (broad SMARTS) is 1. The normalized spacial score (nSPS) is 36.1. The molecule has 0 radical (unpaired) electrons. The van der Waals surface area contributed by atoms with Crippen molar-refractivity contribution in [1.82, 2.24) is 5.32 Å². The monoisotopic (exact) mass is 187 g/mol. The van der Waals surface area contributed by atoms with Gasteiger partial charge in [0, 0.05) is 6.04 Å². The van der Waals surface area contributed by atoms with E-state index in [4.69, 9.17) is 9.84 Å². The predicted molar refractivity (Wildman–Crippen MR) is 48.6 cm³/mol. The van der Waals surface area contributed by atoms with Crippen LogP contribution in [0.1, 0.15) is 27.2 Å². The number of aliphatic carboxylic acids is 1. The quantitative estimate of drug-likeness (QED) is 0.680. The minimum Gasteiger partial charge on any atom is -0.480 e. The first-order valence-corrected chi connectivity index (χ1v) is 4.65. The summed E-state index contributed by atoms with van der Waals surface area (Å²) < 4.78 is 5.50. The highest BCUT2D eigenvalue weighted by atomic mass is 16.5. The highest BCUT2D eigenvalue weighted by Crippen LogP contribution is 2.19. The van der Waals surface area contributed by atoms with Crippen molar-refractivity contribution >= 4 is 5.97 Å². The molecule has 0 aliphatic carbocycles. The van der Waals surface area contributed by atoms with Crippen LogP contribution in [0.4, 0.5) is 0 Å². The summed E-state index contributed by atoms with van der Waals surface area (Å²) in [6, 6.07) is -0.331. The predicted octanol–water partition coefficient (Wildman–Crippen LogP) is 0.615. The summed E-state index contributed by atoms with van der Waals surface area (Å²) in [4.78, 5) is 10.6. The van der Waals surface area contributed by atoms with Crippen LogP contribution in [0, 0.1) is 0 Å². The summed E-state index contributed by atoms with van der Waals surface area (Å²) in [5.41, 5.74) is 0. The molecule has 0 saturated carbocycles. The molecule has 0 aromatic rings. The zero-order valence-corrected chi connectivity index (χ0v) is 8.28. The summed E-state index contributed by atoms with van der Waals surface area (Å²) in [5.74, 6) is -0.813. The van der Waals surface area contributed by atoms with Crippen LogP contribution in [0.2, 0.25) is 0 Å². The minimum absolute atomic E-state index is 0.108. The van der Waals surface area contributed by atoms with Gasteiger partial charge >= 0.3 is 5.97 Å². The number of carbonyl (C=O) groups is 1. The lowest BCUT2D eigenvalue weighted by atomic mass is 10.1. The van der Waals surface area contributed by atoms with Crippen molar-refractivity contribution < 1.29 is 14.6 Å². The van der Waals surface area contributed by atoms with Crippen LogP contribution >= 0.6 is 0 Å². The van der Waals surface area contributed by atoms with Crippen LogP contribution < -0.4 is 5.32 Å². The Morgan fingerprint density at radius 3 is 2.62 bits per heavy atom. The summed E-state index contributed by atoms with van der Waals surface area (Å²) in [6.45, 7) is 5.62. The fourth-order valence-electron chi connectivity index (χ4n) is 1.66. The summed E-state index contributed by atoms with van der Waals surface area (Å²) in [7, 11) is 0. The van der Waals surface area contributed by atoms with E-state index in [0.717, 1.165) is 6.42 Å². The number of ether oxygens (including phenoxy) is 1. The van der Waals surface area contributed by atoms with E-state index in [1.807, 2.05) is 13.8 Å². The molecule has 1 saturated heterocycles. The van der Waals surface area contributed by atoms with Crippen LogP contribution in [0.5, 0.6) is 0 Å². The highest BCUT2D eigenvalue weighted by Gasteiger charge is 2.31. The Hall–Kier alpha value is -0.610. The van der Waals surface area contributed by atoms with E-state index in [0.29, 0.717) is 0 Å². The second-order valence-corrected chi connectivity index (χ2v) is 3.72. The van der Waals surface area contributed by atoms with Gasteiger partial charge < -0.3 is 9.84 Å². The third-order valence-corrected chi connectivity index (χ3v) is 2.43. The number of rotatable bonds is 3. The molecular formula is C9H17NO3. The van der Waals surface area contributed by atoms with Gasteiger partial charge in [0.1, 0.15) is 6.04 Å². The number of hydrogen-bond acceptors (Lipinski definition) is 3.